The van der Waals surface area contributed by atoms with E-state index in [0.717, 1.165) is 103 Å². The standard InChI is InChI=1S/C42H69N5O3/c1-27(2)12-9-13-28(3)14-10-15-29(4)16-11-22-42(8)23-21-36-32(7)39(30(5)31(6)40(36)50-42)49-41(48)37-25-35-24-33(17-19-34(35)26-43-37)18-20-38-44-46-47-45-38/h27-29,33-35,37,43H,9-26H2,1-8H3,(H,44,45,46,47)/t28-,29-,33-,34+,35-,37+,42-/m1/s1. The number of piperidine rings is 1. The Morgan fingerprint density at radius 3 is 2.34 bits per heavy atom. The predicted octanol–water partition coefficient (Wildman–Crippen LogP) is 9.58. The molecule has 5 rings (SSSR count). The first-order valence-electron chi connectivity index (χ1n) is 20.4. The molecule has 2 fully saturated rings. The Bertz CT molecular complexity index is 1380. The van der Waals surface area contributed by atoms with Crippen LogP contribution in [0.5, 0.6) is 11.5 Å². The van der Waals surface area contributed by atoms with E-state index in [0.29, 0.717) is 17.8 Å². The maximum Gasteiger partial charge on any atom is 0.328 e. The Hall–Kier alpha value is -2.48. The van der Waals surface area contributed by atoms with Gasteiger partial charge in [-0.25, -0.2) is 4.79 Å². The molecule has 2 aliphatic heterocycles. The first kappa shape index (κ1) is 38.7. The third kappa shape index (κ3) is 10.3. The van der Waals surface area contributed by atoms with Gasteiger partial charge in [-0.1, -0.05) is 84.3 Å². The summed E-state index contributed by atoms with van der Waals surface area (Å²) in [6, 6.07) is -0.262. The summed E-state index contributed by atoms with van der Waals surface area (Å²) in [5.41, 5.74) is 4.28. The van der Waals surface area contributed by atoms with E-state index >= 15 is 0 Å². The van der Waals surface area contributed by atoms with Crippen LogP contribution in [-0.2, 0) is 17.6 Å². The van der Waals surface area contributed by atoms with Gasteiger partial charge in [0.25, 0.3) is 0 Å². The van der Waals surface area contributed by atoms with Gasteiger partial charge < -0.3 is 14.8 Å². The van der Waals surface area contributed by atoms with E-state index in [2.05, 4.69) is 81.3 Å². The van der Waals surface area contributed by atoms with Gasteiger partial charge in [-0.3, -0.25) is 0 Å². The van der Waals surface area contributed by atoms with Gasteiger partial charge in [-0.05, 0) is 138 Å². The second kappa shape index (κ2) is 17.8. The minimum absolute atomic E-state index is 0.140. The molecule has 2 aromatic rings. The number of esters is 1. The number of hydrogen-bond acceptors (Lipinski definition) is 7. The van der Waals surface area contributed by atoms with Crippen molar-refractivity contribution >= 4 is 5.97 Å². The molecule has 0 radical (unpaired) electrons. The van der Waals surface area contributed by atoms with Gasteiger partial charge >= 0.3 is 5.97 Å². The van der Waals surface area contributed by atoms with Crippen LogP contribution in [0.15, 0.2) is 0 Å². The normalized spacial score (nSPS) is 26.2. The largest absolute Gasteiger partial charge is 0.487 e. The number of ether oxygens (including phenoxy) is 2. The van der Waals surface area contributed by atoms with Crippen LogP contribution in [0.1, 0.15) is 159 Å². The molecule has 3 aliphatic rings. The number of aromatic nitrogens is 4. The van der Waals surface area contributed by atoms with Gasteiger partial charge in [0.2, 0.25) is 0 Å². The molecular formula is C42H69N5O3. The topological polar surface area (TPSA) is 102 Å². The van der Waals surface area contributed by atoms with Crippen molar-refractivity contribution in [1.29, 1.82) is 0 Å². The van der Waals surface area contributed by atoms with Crippen molar-refractivity contribution in [2.45, 2.75) is 176 Å². The number of aryl methyl sites for hydroxylation is 1. The third-order valence-electron chi connectivity index (χ3n) is 12.9. The number of tetrazole rings is 1. The highest BCUT2D eigenvalue weighted by atomic mass is 16.5. The van der Waals surface area contributed by atoms with Crippen LogP contribution in [0.2, 0.25) is 0 Å². The quantitative estimate of drug-likeness (QED) is 0.126. The number of carbonyl (C=O) groups excluding carboxylic acids is 1. The molecule has 3 heterocycles. The van der Waals surface area contributed by atoms with E-state index in [1.165, 1.54) is 69.8 Å². The van der Waals surface area contributed by atoms with Crippen molar-refractivity contribution in [3.63, 3.8) is 0 Å². The molecule has 7 atom stereocenters. The number of nitrogens with one attached hydrogen (secondary N) is 2. The average Bonchev–Trinajstić information content (AvgIpc) is 3.61. The lowest BCUT2D eigenvalue weighted by atomic mass is 9.69. The fourth-order valence-corrected chi connectivity index (χ4v) is 9.31. The third-order valence-corrected chi connectivity index (χ3v) is 12.9. The highest BCUT2D eigenvalue weighted by molar-refractivity contribution is 5.80. The molecule has 1 aromatic carbocycles. The summed E-state index contributed by atoms with van der Waals surface area (Å²) >= 11 is 0. The first-order chi connectivity index (χ1) is 23.9. The zero-order valence-electron chi connectivity index (χ0n) is 32.8. The Labute approximate surface area is 303 Å². The molecule has 0 spiro atoms. The molecule has 0 bridgehead atoms. The van der Waals surface area contributed by atoms with Gasteiger partial charge in [0.15, 0.2) is 5.82 Å². The number of benzene rings is 1. The first-order valence-corrected chi connectivity index (χ1v) is 20.4. The van der Waals surface area contributed by atoms with E-state index in [9.17, 15) is 4.79 Å². The summed E-state index contributed by atoms with van der Waals surface area (Å²) in [5, 5.41) is 18.1. The number of nitrogens with zero attached hydrogens (tertiary/aromatic N) is 3. The lowest BCUT2D eigenvalue weighted by Gasteiger charge is -2.42. The van der Waals surface area contributed by atoms with Gasteiger partial charge in [0.1, 0.15) is 23.1 Å². The fraction of sp³-hybridized carbons (Fsp3) is 0.810. The minimum Gasteiger partial charge on any atom is -0.487 e. The average molecular weight is 692 g/mol. The Morgan fingerprint density at radius 2 is 1.64 bits per heavy atom. The number of rotatable bonds is 17. The zero-order valence-corrected chi connectivity index (χ0v) is 32.8. The fourth-order valence-electron chi connectivity index (χ4n) is 9.31. The van der Waals surface area contributed by atoms with Crippen LogP contribution < -0.4 is 14.8 Å². The van der Waals surface area contributed by atoms with Crippen LogP contribution in [0.25, 0.3) is 0 Å². The summed E-state index contributed by atoms with van der Waals surface area (Å²) in [5.74, 6) is 6.72. The van der Waals surface area contributed by atoms with Crippen molar-refractivity contribution in [3.8, 4) is 11.5 Å². The van der Waals surface area contributed by atoms with E-state index in [4.69, 9.17) is 9.47 Å². The molecule has 2 N–H and O–H groups in total. The zero-order chi connectivity index (χ0) is 35.8. The molecule has 1 aromatic heterocycles. The number of hydrogen-bond donors (Lipinski definition) is 2. The highest BCUT2D eigenvalue weighted by Gasteiger charge is 2.39. The van der Waals surface area contributed by atoms with Crippen LogP contribution in [-0.4, -0.2) is 44.8 Å². The summed E-state index contributed by atoms with van der Waals surface area (Å²) in [6.07, 6.45) is 20.1. The molecular weight excluding hydrogens is 622 g/mol. The molecule has 1 aliphatic carbocycles. The van der Waals surface area contributed by atoms with Gasteiger partial charge in [0.05, 0.1) is 0 Å². The Kier molecular flexibility index (Phi) is 13.8. The molecule has 1 saturated carbocycles. The van der Waals surface area contributed by atoms with Gasteiger partial charge in [0, 0.05) is 12.0 Å². The van der Waals surface area contributed by atoms with Crippen LogP contribution in [0.3, 0.4) is 0 Å². The smallest absolute Gasteiger partial charge is 0.328 e. The summed E-state index contributed by atoms with van der Waals surface area (Å²) in [4.78, 5) is 13.7. The van der Waals surface area contributed by atoms with E-state index in [1.54, 1.807) is 0 Å². The van der Waals surface area contributed by atoms with E-state index in [-0.39, 0.29) is 17.6 Å². The highest BCUT2D eigenvalue weighted by Crippen LogP contribution is 2.46. The molecule has 50 heavy (non-hydrogen) atoms. The van der Waals surface area contributed by atoms with Crippen molar-refractivity contribution in [3.05, 3.63) is 28.1 Å². The number of fused-ring (bicyclic) bond motifs is 2. The predicted molar refractivity (Wildman–Crippen MR) is 202 cm³/mol. The molecule has 1 saturated heterocycles. The van der Waals surface area contributed by atoms with Crippen LogP contribution in [0.4, 0.5) is 0 Å². The van der Waals surface area contributed by atoms with Crippen molar-refractivity contribution in [2.24, 2.45) is 35.5 Å². The summed E-state index contributed by atoms with van der Waals surface area (Å²) < 4.78 is 13.2. The van der Waals surface area contributed by atoms with E-state index < -0.39 is 0 Å². The minimum atomic E-state index is -0.262. The summed E-state index contributed by atoms with van der Waals surface area (Å²) in [6.45, 7) is 19.1. The second-order valence-electron chi connectivity index (χ2n) is 17.6. The van der Waals surface area contributed by atoms with Crippen molar-refractivity contribution in [1.82, 2.24) is 25.9 Å². The molecule has 8 nitrogen and oxygen atoms in total. The van der Waals surface area contributed by atoms with Crippen LogP contribution in [0, 0.1) is 56.3 Å². The Morgan fingerprint density at radius 1 is 0.920 bits per heavy atom. The lowest BCUT2D eigenvalue weighted by Crippen LogP contribution is -2.51. The molecule has 280 valence electrons. The number of H-pyrrole nitrogens is 1. The maximum absolute atomic E-state index is 13.7. The van der Waals surface area contributed by atoms with Crippen molar-refractivity contribution in [2.75, 3.05) is 6.54 Å². The Balaban J connectivity index is 1.10. The second-order valence-corrected chi connectivity index (χ2v) is 17.6. The molecule has 0 amide bonds. The van der Waals surface area contributed by atoms with Crippen molar-refractivity contribution < 1.29 is 14.3 Å². The van der Waals surface area contributed by atoms with Gasteiger partial charge in [-0.2, -0.15) is 5.21 Å². The monoisotopic (exact) mass is 692 g/mol. The SMILES string of the molecule is Cc1c(C)c2c(c(C)c1OC(=O)[C@@H]1C[C@H]3C[C@@H](CCc4nn[nH]n4)CC[C@H]3CN1)CC[C@@](C)(CCC[C@H](C)CCC[C@H](C)CCCC(C)C)O2. The maximum atomic E-state index is 13.7. The van der Waals surface area contributed by atoms with E-state index in [1.807, 2.05) is 0 Å². The number of aromatic amines is 1. The molecule has 8 heteroatoms. The van der Waals surface area contributed by atoms with Gasteiger partial charge in [-0.15, -0.1) is 10.2 Å². The number of carbonyl (C=O) groups is 1. The molecule has 0 unspecified atom stereocenters. The summed E-state index contributed by atoms with van der Waals surface area (Å²) in [7, 11) is 0. The lowest BCUT2D eigenvalue weighted by molar-refractivity contribution is -0.138. The van der Waals surface area contributed by atoms with Crippen LogP contribution >= 0.6 is 0 Å².